The van der Waals surface area contributed by atoms with Crippen LogP contribution in [0.3, 0.4) is 0 Å². The molecule has 1 saturated carbocycles. The Bertz CT molecular complexity index is 3300. The molecule has 3 aromatic carbocycles. The van der Waals surface area contributed by atoms with Crippen LogP contribution in [0.4, 0.5) is 40.9 Å². The summed E-state index contributed by atoms with van der Waals surface area (Å²) in [6.45, 7) is 1.23. The summed E-state index contributed by atoms with van der Waals surface area (Å²) in [5.74, 6) is -9.71. The molecule has 2 N–H and O–H groups in total. The monoisotopic (exact) mass is 960 g/mol. The molecule has 0 spiro atoms. The van der Waals surface area contributed by atoms with Crippen LogP contribution < -0.4 is 15.6 Å². The molecule has 9 rings (SSSR count). The van der Waals surface area contributed by atoms with E-state index in [0.717, 1.165) is 23.0 Å². The van der Waals surface area contributed by atoms with E-state index in [2.05, 4.69) is 30.2 Å². The Balaban J connectivity index is 1.29. The van der Waals surface area contributed by atoms with Crippen LogP contribution in [-0.4, -0.2) is 66.1 Å². The lowest BCUT2D eigenvalue weighted by Gasteiger charge is -2.24. The van der Waals surface area contributed by atoms with Crippen LogP contribution in [0, 0.1) is 31.4 Å². The molecule has 2 aliphatic rings. The number of aromatic nitrogens is 8. The van der Waals surface area contributed by atoms with E-state index in [9.17, 15) is 39.6 Å². The Kier molecular flexibility index (Phi) is 10.9. The van der Waals surface area contributed by atoms with Gasteiger partial charge in [-0.25, -0.2) is 49.7 Å². The van der Waals surface area contributed by atoms with E-state index in [4.69, 9.17) is 16.6 Å². The third-order valence-corrected chi connectivity index (χ3v) is 12.1. The SMILES string of the molecule is Cc1cc(C)nc(-c2ccc3c(=O)n(-c4ccc(Cl)c5c(NS(C)(=O)=O)nn(CC(F)F)c45)c([C@H](Cc4cc(F)cc(F)c4)NC(=O)Cn4nc(C(F)F)c5c4C(F)(F)[C@@H]4C[C@H]54)nc3c2)n1. The molecule has 0 bridgehead atoms. The van der Waals surface area contributed by atoms with Crippen molar-refractivity contribution in [2.75, 3.05) is 11.0 Å². The van der Waals surface area contributed by atoms with Crippen LogP contribution in [-0.2, 0) is 40.3 Å². The quantitative estimate of drug-likeness (QED) is 0.109. The summed E-state index contributed by atoms with van der Waals surface area (Å²) in [5, 5.41) is 9.80. The van der Waals surface area contributed by atoms with Crippen molar-refractivity contribution in [1.82, 2.24) is 44.4 Å². The molecule has 14 nitrogen and oxygen atoms in total. The molecule has 7 aromatic rings. The number of carbonyl (C=O) groups excluding carboxylic acids is 1. The van der Waals surface area contributed by atoms with Crippen LogP contribution in [0.15, 0.2) is 59.4 Å². The summed E-state index contributed by atoms with van der Waals surface area (Å²) in [4.78, 5) is 43.1. The summed E-state index contributed by atoms with van der Waals surface area (Å²) < 4.78 is 147. The Morgan fingerprint density at radius 3 is 2.29 bits per heavy atom. The average molecular weight is 961 g/mol. The number of nitrogens with zero attached hydrogens (tertiary/aromatic N) is 8. The Morgan fingerprint density at radius 1 is 0.939 bits per heavy atom. The maximum absolute atomic E-state index is 15.6. The number of aryl methyl sites for hydroxylation is 2. The molecule has 0 unspecified atom stereocenters. The van der Waals surface area contributed by atoms with Gasteiger partial charge < -0.3 is 5.32 Å². The summed E-state index contributed by atoms with van der Waals surface area (Å²) in [5.41, 5.74) is -2.28. The largest absolute Gasteiger partial charge is 0.344 e. The van der Waals surface area contributed by atoms with E-state index in [1.54, 1.807) is 19.9 Å². The van der Waals surface area contributed by atoms with Gasteiger partial charge in [0.15, 0.2) is 11.6 Å². The second-order valence-corrected chi connectivity index (χ2v) is 18.3. The van der Waals surface area contributed by atoms with Gasteiger partial charge in [0.1, 0.15) is 41.9 Å². The highest BCUT2D eigenvalue weighted by atomic mass is 35.5. The van der Waals surface area contributed by atoms with E-state index in [1.807, 2.05) is 0 Å². The fraction of sp³-hybridized carbons (Fsp3) is 0.310. The molecule has 66 heavy (non-hydrogen) atoms. The van der Waals surface area contributed by atoms with Crippen LogP contribution in [0.5, 0.6) is 0 Å². The van der Waals surface area contributed by atoms with Gasteiger partial charge in [0, 0.05) is 40.9 Å². The summed E-state index contributed by atoms with van der Waals surface area (Å²) in [6.07, 6.45) is -6.23. The lowest BCUT2D eigenvalue weighted by Crippen LogP contribution is -2.38. The minimum atomic E-state index is -4.13. The van der Waals surface area contributed by atoms with Crippen LogP contribution >= 0.6 is 11.6 Å². The van der Waals surface area contributed by atoms with Gasteiger partial charge in [0.2, 0.25) is 15.9 Å². The van der Waals surface area contributed by atoms with Gasteiger partial charge in [-0.2, -0.15) is 19.0 Å². The first-order valence-corrected chi connectivity index (χ1v) is 22.2. The number of anilines is 1. The van der Waals surface area contributed by atoms with Crippen molar-refractivity contribution in [1.29, 1.82) is 0 Å². The van der Waals surface area contributed by atoms with Crippen molar-refractivity contribution < 1.29 is 48.3 Å². The topological polar surface area (TPSA) is 172 Å². The number of halogens is 9. The molecule has 0 saturated heterocycles. The van der Waals surface area contributed by atoms with Gasteiger partial charge in [-0.3, -0.25) is 28.2 Å². The second-order valence-electron chi connectivity index (χ2n) is 16.2. The number of carbonyl (C=O) groups is 1. The first-order valence-electron chi connectivity index (χ1n) is 19.9. The molecule has 1 amide bonds. The lowest BCUT2D eigenvalue weighted by molar-refractivity contribution is -0.123. The van der Waals surface area contributed by atoms with Crippen LogP contribution in [0.2, 0.25) is 5.02 Å². The molecule has 24 heteroatoms. The normalized spacial score (nSPS) is 16.9. The number of sulfonamides is 1. The molecule has 0 aliphatic heterocycles. The zero-order chi connectivity index (χ0) is 47.3. The molecule has 0 radical (unpaired) electrons. The van der Waals surface area contributed by atoms with Gasteiger partial charge >= 0.3 is 0 Å². The number of fused-ring (bicyclic) bond motifs is 5. The van der Waals surface area contributed by atoms with Crippen molar-refractivity contribution in [2.45, 2.75) is 70.5 Å². The highest BCUT2D eigenvalue weighted by Crippen LogP contribution is 2.68. The number of nitrogens with one attached hydrogen (secondary N) is 2. The van der Waals surface area contributed by atoms with E-state index in [0.29, 0.717) is 32.4 Å². The summed E-state index contributed by atoms with van der Waals surface area (Å²) in [6, 6.07) is 9.17. The minimum absolute atomic E-state index is 0.0492. The zero-order valence-corrected chi connectivity index (χ0v) is 36.0. The molecule has 3 atom stereocenters. The van der Waals surface area contributed by atoms with E-state index in [-0.39, 0.29) is 55.9 Å². The van der Waals surface area contributed by atoms with Gasteiger partial charge in [0.05, 0.1) is 44.8 Å². The van der Waals surface area contributed by atoms with Crippen molar-refractivity contribution in [2.24, 2.45) is 5.92 Å². The average Bonchev–Trinajstić information content (AvgIpc) is 3.73. The van der Waals surface area contributed by atoms with E-state index >= 15 is 13.6 Å². The maximum Gasteiger partial charge on any atom is 0.293 e. The Hall–Kier alpha value is -6.49. The Morgan fingerprint density at radius 2 is 1.64 bits per heavy atom. The number of benzene rings is 3. The predicted molar refractivity (Wildman–Crippen MR) is 223 cm³/mol. The number of hydrogen-bond donors (Lipinski definition) is 2. The lowest BCUT2D eigenvalue weighted by atomic mass is 10.0. The Labute approximate surface area is 372 Å². The standard InChI is InChI=1S/C42H33ClF8N10O4S/c1-17-8-18(2)53-38(52-17)20-4-5-23-27(12-20)55-40(61(41(23)63)29-7-6-26(43)33-35(29)59(15-30(46)47)57-39(33)58-66(3,64)65)28(11-19-9-21(44)13-22(45)10-19)54-31(62)16-60-36-32(34(56-60)37(48)49)24-14-25(24)42(36,50)51/h4-10,12-13,24-25,28,30,37H,11,14-16H2,1-3H3,(H,54,62)(H,57,58)/t24-,25+,28-/m0/s1. The number of hydrogen-bond acceptors (Lipinski definition) is 9. The number of rotatable bonds is 13. The maximum atomic E-state index is 15.6. The van der Waals surface area contributed by atoms with Crippen molar-refractivity contribution in [3.05, 3.63) is 121 Å². The first-order chi connectivity index (χ1) is 31.1. The highest BCUT2D eigenvalue weighted by Gasteiger charge is 2.67. The molecule has 4 aromatic heterocycles. The third-order valence-electron chi connectivity index (χ3n) is 11.3. The van der Waals surface area contributed by atoms with Crippen LogP contribution in [0.1, 0.15) is 64.5 Å². The molecule has 344 valence electrons. The van der Waals surface area contributed by atoms with Gasteiger partial charge in [0.25, 0.3) is 24.3 Å². The molecule has 4 heterocycles. The van der Waals surface area contributed by atoms with E-state index in [1.165, 1.54) is 30.3 Å². The van der Waals surface area contributed by atoms with Crippen molar-refractivity contribution >= 4 is 55.2 Å². The zero-order valence-electron chi connectivity index (χ0n) is 34.4. The van der Waals surface area contributed by atoms with Gasteiger partial charge in [-0.1, -0.05) is 17.7 Å². The molecular formula is C42H33ClF8N10O4S. The minimum Gasteiger partial charge on any atom is -0.344 e. The first kappa shape index (κ1) is 44.7. The summed E-state index contributed by atoms with van der Waals surface area (Å²) in [7, 11) is -4.13. The van der Waals surface area contributed by atoms with Crippen LogP contribution in [0.25, 0.3) is 38.9 Å². The predicted octanol–water partition coefficient (Wildman–Crippen LogP) is 7.82. The second kappa shape index (κ2) is 16.1. The van der Waals surface area contributed by atoms with Crippen molar-refractivity contribution in [3.8, 4) is 17.1 Å². The fourth-order valence-corrected chi connectivity index (χ4v) is 9.48. The third kappa shape index (κ3) is 8.11. The molecule has 1 fully saturated rings. The number of alkyl halides is 6. The van der Waals surface area contributed by atoms with Gasteiger partial charge in [-0.05, 0) is 74.2 Å². The fourth-order valence-electron chi connectivity index (χ4n) is 8.74. The van der Waals surface area contributed by atoms with E-state index < -0.39 is 112 Å². The number of amides is 1. The molecule has 2 aliphatic carbocycles. The van der Waals surface area contributed by atoms with Crippen molar-refractivity contribution in [3.63, 3.8) is 0 Å². The smallest absolute Gasteiger partial charge is 0.293 e. The van der Waals surface area contributed by atoms with Gasteiger partial charge in [-0.15, -0.1) is 0 Å². The molecular weight excluding hydrogens is 928 g/mol. The highest BCUT2D eigenvalue weighted by molar-refractivity contribution is 7.92. The summed E-state index contributed by atoms with van der Waals surface area (Å²) >= 11 is 6.58.